The summed E-state index contributed by atoms with van der Waals surface area (Å²) in [5.74, 6) is -1.50. The van der Waals surface area contributed by atoms with Crippen molar-refractivity contribution in [1.82, 2.24) is 15.7 Å². The molecule has 176 valence electrons. The second-order valence-electron chi connectivity index (χ2n) is 8.68. The second-order valence-corrected chi connectivity index (χ2v) is 8.68. The number of carbonyl (C=O) groups is 3. The van der Waals surface area contributed by atoms with E-state index < -0.39 is 18.1 Å². The highest BCUT2D eigenvalue weighted by atomic mass is 16.7. The average molecular weight is 448 g/mol. The zero-order valence-corrected chi connectivity index (χ0v) is 18.2. The van der Waals surface area contributed by atoms with Gasteiger partial charge in [0.2, 0.25) is 5.91 Å². The fourth-order valence-corrected chi connectivity index (χ4v) is 4.48. The van der Waals surface area contributed by atoms with Crippen LogP contribution in [-0.2, 0) is 19.2 Å². The zero-order valence-electron chi connectivity index (χ0n) is 18.2. The van der Waals surface area contributed by atoms with Crippen LogP contribution in [-0.4, -0.2) is 65.4 Å². The minimum absolute atomic E-state index is 0.0833. The minimum Gasteiger partial charge on any atom is -0.480 e. The van der Waals surface area contributed by atoms with E-state index in [2.05, 4.69) is 10.8 Å². The van der Waals surface area contributed by atoms with E-state index in [1.807, 2.05) is 18.2 Å². The van der Waals surface area contributed by atoms with Crippen LogP contribution in [0, 0.1) is 17.2 Å². The van der Waals surface area contributed by atoms with Gasteiger partial charge in [0.1, 0.15) is 6.04 Å². The van der Waals surface area contributed by atoms with Crippen LogP contribution >= 0.6 is 0 Å². The number of carboxylic acid groups (broad SMARTS) is 1. The van der Waals surface area contributed by atoms with E-state index in [1.54, 1.807) is 0 Å². The highest BCUT2D eigenvalue weighted by Crippen LogP contribution is 2.29. The Morgan fingerprint density at radius 1 is 1.25 bits per heavy atom. The first kappa shape index (κ1) is 23.9. The first-order chi connectivity index (χ1) is 15.4. The van der Waals surface area contributed by atoms with Crippen molar-refractivity contribution in [3.63, 3.8) is 0 Å². The molecule has 3 aliphatic rings. The SMILES string of the molecule is N=C(N)C1C=CC(CONC(=O)C2CCN2C(=O)C(NCC(=O)O)C2CCCCC2)=CC1. The Kier molecular flexibility index (Phi) is 8.40. The van der Waals surface area contributed by atoms with E-state index in [1.165, 1.54) is 4.90 Å². The number of rotatable bonds is 10. The van der Waals surface area contributed by atoms with Crippen LogP contribution in [0.2, 0.25) is 0 Å². The second kappa shape index (κ2) is 11.2. The Bertz CT molecular complexity index is 790. The summed E-state index contributed by atoms with van der Waals surface area (Å²) < 4.78 is 0. The number of carboxylic acids is 1. The summed E-state index contributed by atoms with van der Waals surface area (Å²) in [6.45, 7) is 0.363. The lowest BCUT2D eigenvalue weighted by molar-refractivity contribution is -0.155. The Labute approximate surface area is 187 Å². The molecule has 1 saturated heterocycles. The largest absolute Gasteiger partial charge is 0.480 e. The van der Waals surface area contributed by atoms with E-state index in [4.69, 9.17) is 21.1 Å². The molecule has 32 heavy (non-hydrogen) atoms. The van der Waals surface area contributed by atoms with Crippen molar-refractivity contribution < 1.29 is 24.3 Å². The maximum atomic E-state index is 13.2. The summed E-state index contributed by atoms with van der Waals surface area (Å²) in [5.41, 5.74) is 8.80. The summed E-state index contributed by atoms with van der Waals surface area (Å²) >= 11 is 0. The molecular weight excluding hydrogens is 414 g/mol. The Balaban J connectivity index is 1.50. The van der Waals surface area contributed by atoms with Gasteiger partial charge in [-0.1, -0.05) is 37.5 Å². The summed E-state index contributed by atoms with van der Waals surface area (Å²) in [7, 11) is 0. The van der Waals surface area contributed by atoms with Crippen molar-refractivity contribution in [2.45, 2.75) is 57.0 Å². The highest BCUT2D eigenvalue weighted by Gasteiger charge is 2.42. The molecule has 10 nitrogen and oxygen atoms in total. The van der Waals surface area contributed by atoms with Crippen LogP contribution in [0.4, 0.5) is 0 Å². The van der Waals surface area contributed by atoms with Crippen LogP contribution < -0.4 is 16.5 Å². The molecule has 2 amide bonds. The number of hydrogen-bond donors (Lipinski definition) is 5. The van der Waals surface area contributed by atoms with Crippen LogP contribution in [0.15, 0.2) is 23.8 Å². The monoisotopic (exact) mass is 447 g/mol. The summed E-state index contributed by atoms with van der Waals surface area (Å²) in [5, 5.41) is 19.4. The van der Waals surface area contributed by atoms with Gasteiger partial charge in [0, 0.05) is 12.5 Å². The van der Waals surface area contributed by atoms with Crippen molar-refractivity contribution in [2.75, 3.05) is 19.7 Å². The van der Waals surface area contributed by atoms with E-state index in [9.17, 15) is 14.4 Å². The molecule has 0 aromatic rings. The summed E-state index contributed by atoms with van der Waals surface area (Å²) in [4.78, 5) is 43.6. The maximum absolute atomic E-state index is 13.2. The van der Waals surface area contributed by atoms with Gasteiger partial charge in [-0.15, -0.1) is 0 Å². The lowest BCUT2D eigenvalue weighted by atomic mass is 9.82. The van der Waals surface area contributed by atoms with Gasteiger partial charge >= 0.3 is 5.97 Å². The summed E-state index contributed by atoms with van der Waals surface area (Å²) in [6.07, 6.45) is 11.7. The van der Waals surface area contributed by atoms with E-state index in [-0.39, 0.29) is 42.6 Å². The predicted octanol–water partition coefficient (Wildman–Crippen LogP) is 0.697. The fourth-order valence-electron chi connectivity index (χ4n) is 4.48. The van der Waals surface area contributed by atoms with Crippen molar-refractivity contribution in [3.8, 4) is 0 Å². The van der Waals surface area contributed by atoms with E-state index in [0.29, 0.717) is 19.4 Å². The van der Waals surface area contributed by atoms with Gasteiger partial charge in [-0.3, -0.25) is 29.9 Å². The molecule has 1 heterocycles. The highest BCUT2D eigenvalue weighted by molar-refractivity contribution is 5.91. The Morgan fingerprint density at radius 2 is 2.00 bits per heavy atom. The van der Waals surface area contributed by atoms with Crippen LogP contribution in [0.1, 0.15) is 44.9 Å². The standard InChI is InChI=1S/C22H33N5O5/c23-20(24)16-8-6-14(7-9-16)13-32-26-21(30)17-10-11-27(17)22(31)19(25-12-18(28)29)15-4-2-1-3-5-15/h6-8,15-17,19,25H,1-5,9-13H2,(H3,23,24)(H,26,30)(H,28,29). The number of allylic oxidation sites excluding steroid dienone is 1. The molecule has 0 bridgehead atoms. The topological polar surface area (TPSA) is 158 Å². The van der Waals surface area contributed by atoms with Crippen LogP contribution in [0.25, 0.3) is 0 Å². The van der Waals surface area contributed by atoms with Gasteiger partial charge in [0.15, 0.2) is 0 Å². The van der Waals surface area contributed by atoms with Crippen molar-refractivity contribution in [3.05, 3.63) is 23.8 Å². The van der Waals surface area contributed by atoms with E-state index >= 15 is 0 Å². The first-order valence-corrected chi connectivity index (χ1v) is 11.2. The number of nitrogens with zero attached hydrogens (tertiary/aromatic N) is 1. The molecule has 0 aromatic carbocycles. The van der Waals surface area contributed by atoms with Gasteiger partial charge in [0.05, 0.1) is 25.0 Å². The molecule has 6 N–H and O–H groups in total. The van der Waals surface area contributed by atoms with Crippen molar-refractivity contribution in [1.29, 1.82) is 5.41 Å². The predicted molar refractivity (Wildman–Crippen MR) is 117 cm³/mol. The van der Waals surface area contributed by atoms with Crippen LogP contribution in [0.5, 0.6) is 0 Å². The van der Waals surface area contributed by atoms with E-state index in [0.717, 1.165) is 37.7 Å². The lowest BCUT2D eigenvalue weighted by Gasteiger charge is -2.43. The molecule has 0 aromatic heterocycles. The molecule has 3 unspecified atom stereocenters. The normalized spacial score (nSPS) is 24.2. The quantitative estimate of drug-likeness (QED) is 0.187. The van der Waals surface area contributed by atoms with Gasteiger partial charge in [-0.05, 0) is 37.2 Å². The number of nitrogens with one attached hydrogen (secondary N) is 3. The molecule has 0 spiro atoms. The molecule has 10 heteroatoms. The number of nitrogens with two attached hydrogens (primary N) is 1. The number of aliphatic carboxylic acids is 1. The number of likely N-dealkylation sites (tertiary alicyclic amines) is 1. The molecule has 3 rings (SSSR count). The summed E-state index contributed by atoms with van der Waals surface area (Å²) in [6, 6.07) is -1.20. The zero-order chi connectivity index (χ0) is 23.1. The molecule has 2 fully saturated rings. The third-order valence-electron chi connectivity index (χ3n) is 6.45. The van der Waals surface area contributed by atoms with Crippen LogP contribution in [0.3, 0.4) is 0 Å². The molecule has 0 radical (unpaired) electrons. The van der Waals surface area contributed by atoms with Gasteiger partial charge < -0.3 is 15.7 Å². The molecular formula is C22H33N5O5. The first-order valence-electron chi connectivity index (χ1n) is 11.2. The number of amidine groups is 1. The van der Waals surface area contributed by atoms with Crippen molar-refractivity contribution >= 4 is 23.6 Å². The smallest absolute Gasteiger partial charge is 0.317 e. The number of amides is 2. The molecule has 1 aliphatic heterocycles. The Morgan fingerprint density at radius 3 is 2.56 bits per heavy atom. The number of hydrogen-bond acceptors (Lipinski definition) is 6. The number of carbonyl (C=O) groups excluding carboxylic acids is 2. The fraction of sp³-hybridized carbons (Fsp3) is 0.636. The minimum atomic E-state index is -1.01. The van der Waals surface area contributed by atoms with Gasteiger partial charge in [-0.25, -0.2) is 5.48 Å². The Hall–Kier alpha value is -2.72. The average Bonchev–Trinajstić information content (AvgIpc) is 2.74. The van der Waals surface area contributed by atoms with Crippen molar-refractivity contribution in [2.24, 2.45) is 17.6 Å². The molecule has 3 atom stereocenters. The maximum Gasteiger partial charge on any atom is 0.317 e. The number of hydroxylamine groups is 1. The molecule has 1 saturated carbocycles. The van der Waals surface area contributed by atoms with Gasteiger partial charge in [-0.2, -0.15) is 0 Å². The third kappa shape index (κ3) is 6.17. The third-order valence-corrected chi connectivity index (χ3v) is 6.45. The lowest BCUT2D eigenvalue weighted by Crippen LogP contribution is -2.63. The molecule has 2 aliphatic carbocycles. The van der Waals surface area contributed by atoms with Gasteiger partial charge in [0.25, 0.3) is 5.91 Å².